The predicted molar refractivity (Wildman–Crippen MR) is 1260 cm³/mol. The molecule has 0 bridgehead atoms. The van der Waals surface area contributed by atoms with Crippen LogP contribution in [0.3, 0.4) is 0 Å². The number of hydrogen-bond acceptors (Lipinski definition) is 0. The Morgan fingerprint density at radius 1 is 0.0556 bits per heavy atom. The van der Waals surface area contributed by atoms with Crippen molar-refractivity contribution in [2.75, 3.05) is 0 Å². The molecular formula is I90. The van der Waals surface area contributed by atoms with Crippen molar-refractivity contribution < 1.29 is 0 Å². The van der Waals surface area contributed by atoms with Crippen LogP contribution in [0, 0.1) is 0 Å². The Balaban J connectivity index is 5.86. The van der Waals surface area contributed by atoms with Gasteiger partial charge in [-0.05, 0) is 0 Å². The third-order valence-corrected chi connectivity index (χ3v) is 7110. The van der Waals surface area contributed by atoms with E-state index in [1.54, 1.807) is 0 Å². The van der Waals surface area contributed by atoms with Crippen LogP contribution in [0.2, 0.25) is 0 Å². The van der Waals surface area contributed by atoms with Crippen molar-refractivity contribution in [2.45, 2.75) is 0 Å². The second kappa shape index (κ2) is 93.5. The van der Waals surface area contributed by atoms with Crippen molar-refractivity contribution in [1.82, 2.24) is 0 Å². The van der Waals surface area contributed by atoms with Crippen molar-refractivity contribution in [3.63, 3.8) is 0 Å². The van der Waals surface area contributed by atoms with Crippen LogP contribution in [0.1, 0.15) is 0 Å². The minimum atomic E-state index is -0.650. The van der Waals surface area contributed by atoms with E-state index in [2.05, 4.69) is 856 Å². The Morgan fingerprint density at radius 3 is 0.122 bits per heavy atom. The Hall–Kier alpha value is 65.7. The summed E-state index contributed by atoms with van der Waals surface area (Å²) in [6, 6.07) is 0. The van der Waals surface area contributed by atoms with Gasteiger partial charge in [-0.2, -0.15) is 0 Å². The molecular weight excluding hydrogens is 11400 g/mol. The van der Waals surface area contributed by atoms with Crippen LogP contribution in [-0.4, -0.2) is 0 Å². The summed E-state index contributed by atoms with van der Waals surface area (Å²) in [5.41, 5.74) is 0. The van der Waals surface area contributed by atoms with E-state index in [1.807, 2.05) is 0 Å². The number of rotatable bonds is 43. The van der Waals surface area contributed by atoms with Gasteiger partial charge in [0.1, 0.15) is 0 Å². The van der Waals surface area contributed by atoms with Gasteiger partial charge >= 0.3 is 1200 Å². The standard InChI is InChI=1S/I90/c1-47(2)49(5)51(7)53(9)55(11)57(13)59(15)61(17)63(19)65(21)67(23)69(25)71(27)73(29)75(31)77(33)79(35)81(37)83(39)85(41)87(43)89(45)90(46)88(44)86(42)84(40)82(38)80(36)78(34)76(32)74(30)72(28)70(26)68(24)66(22)64(20)62(18)60(16)58(14)56(12)54(10)52(8)50(6)48(3)4. The molecule has 0 atom stereocenters. The van der Waals surface area contributed by atoms with Crippen LogP contribution >= 0.6 is 1200 Å². The van der Waals surface area contributed by atoms with Gasteiger partial charge in [-0.1, -0.05) is 0 Å². The first kappa shape index (κ1) is 156. The molecule has 0 unspecified atom stereocenters. The summed E-state index contributed by atoms with van der Waals surface area (Å²) >= 11 is 155. The van der Waals surface area contributed by atoms with Crippen molar-refractivity contribution >= 4 is 1200 Å². The van der Waals surface area contributed by atoms with Crippen molar-refractivity contribution in [2.24, 2.45) is 0 Å². The normalized spacial score (nSPS) is 19.1. The molecule has 0 aliphatic carbocycles. The topological polar surface area (TPSA) is 0 Å². The van der Waals surface area contributed by atoms with Crippen LogP contribution < -0.4 is 0 Å². The quantitative estimate of drug-likeness (QED) is 0.0534. The van der Waals surface area contributed by atoms with Crippen LogP contribution in [0.4, 0.5) is 0 Å². The van der Waals surface area contributed by atoms with E-state index >= 15 is 0 Å². The maximum atomic E-state index is 3.47. The summed E-state index contributed by atoms with van der Waals surface area (Å²) in [5.74, 6) is 0. The van der Waals surface area contributed by atoms with Crippen molar-refractivity contribution in [1.29, 1.82) is 0 Å². The van der Waals surface area contributed by atoms with Crippen molar-refractivity contribution in [3.8, 4) is 0 Å². The summed E-state index contributed by atoms with van der Waals surface area (Å²) in [7, 11) is -26.5. The number of halogens is 90. The van der Waals surface area contributed by atoms with Gasteiger partial charge in [0.25, 0.3) is 0 Å². The average molecular weight is 11400 g/mol. The van der Waals surface area contributed by atoms with Crippen LogP contribution in [0.15, 0.2) is 0 Å². The maximum absolute atomic E-state index is 3.47. The summed E-state index contributed by atoms with van der Waals surface area (Å²) in [6.45, 7) is 0. The fourth-order valence-corrected chi connectivity index (χ4v) is 17600. The second-order valence-electron chi connectivity index (χ2n) is 7.13. The van der Waals surface area contributed by atoms with Gasteiger partial charge in [-0.25, -0.2) is 0 Å². The molecule has 0 aromatic rings. The van der Waals surface area contributed by atoms with Gasteiger partial charge < -0.3 is 0 Å². The molecule has 0 spiro atoms. The fraction of sp³-hybridized carbons (Fsp3) is 0. The molecule has 0 amide bonds. The van der Waals surface area contributed by atoms with Crippen LogP contribution in [-0.2, 0) is 0 Å². The third-order valence-electron chi connectivity index (χ3n) is 3.51. The molecule has 0 aliphatic rings. The molecule has 0 fully saturated rings. The van der Waals surface area contributed by atoms with E-state index in [0.29, 0.717) is 0 Å². The van der Waals surface area contributed by atoms with E-state index in [1.165, 1.54) is 0 Å². The van der Waals surface area contributed by atoms with E-state index in [0.717, 1.165) is 0 Å². The summed E-state index contributed by atoms with van der Waals surface area (Å²) in [4.78, 5) is 0. The summed E-state index contributed by atoms with van der Waals surface area (Å²) in [5, 5.41) is 0. The van der Waals surface area contributed by atoms with E-state index in [9.17, 15) is 0 Å². The second-order valence-corrected chi connectivity index (χ2v) is 2150. The minimum absolute atomic E-state index is 0.488. The van der Waals surface area contributed by atoms with E-state index in [-0.39, 0.29) is 0 Å². The van der Waals surface area contributed by atoms with Gasteiger partial charge in [-0.3, -0.25) is 0 Å². The monoisotopic (exact) mass is 11400 g/mol. The third kappa shape index (κ3) is 63.4. The number of hydrogen-bond donors (Lipinski definition) is 0. The molecule has 0 radical (unpaired) electrons. The summed E-state index contributed by atoms with van der Waals surface area (Å²) < 4.78 is 0. The molecule has 0 nitrogen and oxygen atoms in total. The molecule has 90 heavy (non-hydrogen) atoms. The Morgan fingerprint density at radius 2 is 0.0889 bits per heavy atom. The zero-order valence-corrected chi connectivity index (χ0v) is 228. The van der Waals surface area contributed by atoms with E-state index in [4.69, 9.17) is 0 Å². The zero-order valence-electron chi connectivity index (χ0n) is 34.0. The van der Waals surface area contributed by atoms with Gasteiger partial charge in [0.05, 0.1) is 0 Å². The molecule has 0 heterocycles. The Labute approximate surface area is 1130 Å². The molecule has 630 valence electrons. The molecule has 0 aromatic carbocycles. The van der Waals surface area contributed by atoms with Gasteiger partial charge in [0.2, 0.25) is 0 Å². The molecule has 0 N–H and O–H groups in total. The van der Waals surface area contributed by atoms with Crippen LogP contribution in [0.25, 0.3) is 0 Å². The summed E-state index contributed by atoms with van der Waals surface area (Å²) in [6.07, 6.45) is 0. The van der Waals surface area contributed by atoms with E-state index < -0.39 is 347 Å². The van der Waals surface area contributed by atoms with Crippen LogP contribution in [0.5, 0.6) is 0 Å². The molecule has 0 aliphatic heterocycles. The first-order valence-electron chi connectivity index (χ1n) is 12.7. The van der Waals surface area contributed by atoms with Crippen molar-refractivity contribution in [3.05, 3.63) is 0 Å². The molecule has 0 saturated heterocycles. The molecule has 0 aromatic heterocycles. The first-order chi connectivity index (χ1) is 40.9. The molecule has 90 heteroatoms. The van der Waals surface area contributed by atoms with Gasteiger partial charge in [-0.15, -0.1) is 0 Å². The molecule has 0 saturated carbocycles. The predicted octanol–water partition coefficient (Wildman–Crippen LogP) is 79.7. The SMILES string of the molecule is II(I)I(I)I(I)I(I)I(I)I(I)I(I)I(I)I(I)I(I)I(I)I(I)I(I)I(I)I(I)I(I)I(I)I(I)I(I)I(I)I(I)I(I)I(I)I(I)I(I)I(I)I(I)I(I)I(I)I(I)I(I)I(I)I(I)I(I)I(I)I(I)I(I)I(I)I(I)I(I)I(I)I(I)I(I)I(I)I. The zero-order chi connectivity index (χ0) is 71.4. The Bertz CT molecular complexity index is 1720. The molecule has 0 rings (SSSR count). The average Bonchev–Trinajstić information content (AvgIpc) is 1.67. The van der Waals surface area contributed by atoms with Gasteiger partial charge in [0, 0.05) is 0 Å². The Kier molecular flexibility index (Phi) is 162. The van der Waals surface area contributed by atoms with Gasteiger partial charge in [0.15, 0.2) is 0 Å². The fourth-order valence-electron chi connectivity index (χ4n) is 1.30. The first-order valence-corrected chi connectivity index (χ1v) is 572.